The lowest BCUT2D eigenvalue weighted by molar-refractivity contribution is 0.0750. The van der Waals surface area contributed by atoms with Crippen LogP contribution in [0.3, 0.4) is 0 Å². The summed E-state index contributed by atoms with van der Waals surface area (Å²) in [7, 11) is 1.58. The van der Waals surface area contributed by atoms with Crippen LogP contribution in [0.4, 0.5) is 10.5 Å². The molecule has 2 amide bonds. The summed E-state index contributed by atoms with van der Waals surface area (Å²) in [5.41, 5.74) is 3.91. The number of amides is 2. The molecular weight excluding hydrogens is 374 g/mol. The van der Waals surface area contributed by atoms with Crippen molar-refractivity contribution in [3.05, 3.63) is 53.6 Å². The summed E-state index contributed by atoms with van der Waals surface area (Å²) in [4.78, 5) is 19.3. The van der Waals surface area contributed by atoms with E-state index in [0.717, 1.165) is 21.6 Å². The summed E-state index contributed by atoms with van der Waals surface area (Å²) in [6, 6.07) is 14.0. The Morgan fingerprint density at radius 2 is 2.14 bits per heavy atom. The van der Waals surface area contributed by atoms with Crippen LogP contribution in [0.25, 0.3) is 20.5 Å². The van der Waals surface area contributed by atoms with Crippen molar-refractivity contribution in [2.45, 2.75) is 12.6 Å². The monoisotopic (exact) mass is 395 g/mol. The Hall–Kier alpha value is -2.74. The van der Waals surface area contributed by atoms with Crippen LogP contribution in [-0.4, -0.2) is 53.7 Å². The van der Waals surface area contributed by atoms with Crippen LogP contribution in [0.15, 0.2) is 47.5 Å². The zero-order chi connectivity index (χ0) is 19.7. The molecule has 1 aliphatic rings. The number of nitrogens with one attached hydrogen (secondary N) is 1. The highest BCUT2D eigenvalue weighted by molar-refractivity contribution is 7.22. The molecule has 2 aromatic carbocycles. The van der Waals surface area contributed by atoms with Gasteiger partial charge in [-0.3, -0.25) is 4.99 Å². The molecule has 3 N–H and O–H groups in total. The highest BCUT2D eigenvalue weighted by Gasteiger charge is 2.19. The topological polar surface area (TPSA) is 85.2 Å². The van der Waals surface area contributed by atoms with E-state index in [2.05, 4.69) is 28.5 Å². The number of benzene rings is 2. The number of hydrogen-bond donors (Lipinski definition) is 3. The van der Waals surface area contributed by atoms with Gasteiger partial charge in [0.25, 0.3) is 0 Å². The van der Waals surface area contributed by atoms with Crippen molar-refractivity contribution in [2.75, 3.05) is 25.5 Å². The number of aliphatic hydroxyl groups is 2. The maximum absolute atomic E-state index is 12.4. The highest BCUT2D eigenvalue weighted by atomic mass is 32.1. The Labute approximate surface area is 166 Å². The molecule has 3 aromatic rings. The van der Waals surface area contributed by atoms with Crippen LogP contribution in [0.2, 0.25) is 0 Å². The lowest BCUT2D eigenvalue weighted by atomic mass is 10.0. The first kappa shape index (κ1) is 18.6. The van der Waals surface area contributed by atoms with Crippen LogP contribution in [0, 0.1) is 0 Å². The van der Waals surface area contributed by atoms with E-state index in [1.807, 2.05) is 30.5 Å². The third kappa shape index (κ3) is 3.64. The number of anilines is 1. The van der Waals surface area contributed by atoms with Gasteiger partial charge in [0.15, 0.2) is 0 Å². The first-order valence-electron chi connectivity index (χ1n) is 9.02. The van der Waals surface area contributed by atoms with Crippen molar-refractivity contribution < 1.29 is 15.0 Å². The Balaban J connectivity index is 1.65. The van der Waals surface area contributed by atoms with Gasteiger partial charge in [0, 0.05) is 34.1 Å². The molecule has 1 aromatic heterocycles. The van der Waals surface area contributed by atoms with Gasteiger partial charge in [-0.25, -0.2) is 4.79 Å². The van der Waals surface area contributed by atoms with Gasteiger partial charge in [0.2, 0.25) is 0 Å². The summed E-state index contributed by atoms with van der Waals surface area (Å²) in [6.45, 7) is 0.302. The molecular formula is C21H21N3O3S. The molecule has 0 fully saturated rings. The largest absolute Gasteiger partial charge is 0.394 e. The number of aliphatic hydroxyl groups excluding tert-OH is 2. The van der Waals surface area contributed by atoms with Crippen molar-refractivity contribution in [3.8, 4) is 10.4 Å². The van der Waals surface area contributed by atoms with Gasteiger partial charge in [-0.15, -0.1) is 11.3 Å². The third-order valence-electron chi connectivity index (χ3n) is 4.75. The summed E-state index contributed by atoms with van der Waals surface area (Å²) >= 11 is 1.72. The maximum Gasteiger partial charge on any atom is 0.321 e. The molecule has 0 radical (unpaired) electrons. The third-order valence-corrected chi connectivity index (χ3v) is 5.90. The second kappa shape index (κ2) is 7.71. The SMILES string of the molecule is CN(CC(O)CO)C(=O)Nc1cc2c(c(-c3cc4ccccc4s3)c1)CN=C2. The van der Waals surface area contributed by atoms with Gasteiger partial charge in [-0.1, -0.05) is 18.2 Å². The quantitative estimate of drug-likeness (QED) is 0.620. The molecule has 1 aliphatic heterocycles. The summed E-state index contributed by atoms with van der Waals surface area (Å²) in [5.74, 6) is 0. The first-order valence-corrected chi connectivity index (χ1v) is 9.83. The van der Waals surface area contributed by atoms with Crippen molar-refractivity contribution in [1.82, 2.24) is 4.90 Å². The minimum atomic E-state index is -0.961. The van der Waals surface area contributed by atoms with Gasteiger partial charge >= 0.3 is 6.03 Å². The Morgan fingerprint density at radius 3 is 2.93 bits per heavy atom. The zero-order valence-corrected chi connectivity index (χ0v) is 16.2. The molecule has 0 spiro atoms. The van der Waals surface area contributed by atoms with Gasteiger partial charge in [-0.2, -0.15) is 0 Å². The van der Waals surface area contributed by atoms with E-state index in [-0.39, 0.29) is 19.2 Å². The lowest BCUT2D eigenvalue weighted by Gasteiger charge is -2.21. The van der Waals surface area contributed by atoms with Crippen LogP contribution in [0.5, 0.6) is 0 Å². The van der Waals surface area contributed by atoms with E-state index in [9.17, 15) is 9.90 Å². The lowest BCUT2D eigenvalue weighted by Crippen LogP contribution is -2.38. The molecule has 7 heteroatoms. The fourth-order valence-electron chi connectivity index (χ4n) is 3.30. The number of carbonyl (C=O) groups excluding carboxylic acids is 1. The Morgan fingerprint density at radius 1 is 1.32 bits per heavy atom. The number of likely N-dealkylation sites (N-methyl/N-ethyl adjacent to an activating group) is 1. The average Bonchev–Trinajstić information content (AvgIpc) is 3.33. The van der Waals surface area contributed by atoms with Crippen LogP contribution >= 0.6 is 11.3 Å². The molecule has 0 bridgehead atoms. The van der Waals surface area contributed by atoms with Crippen molar-refractivity contribution >= 4 is 39.4 Å². The van der Waals surface area contributed by atoms with Crippen molar-refractivity contribution in [3.63, 3.8) is 0 Å². The first-order chi connectivity index (χ1) is 13.5. The van der Waals surface area contributed by atoms with E-state index in [1.54, 1.807) is 18.4 Å². The number of carbonyl (C=O) groups is 1. The number of nitrogens with zero attached hydrogens (tertiary/aromatic N) is 2. The molecule has 1 unspecified atom stereocenters. The van der Waals surface area contributed by atoms with Crippen molar-refractivity contribution in [2.24, 2.45) is 4.99 Å². The van der Waals surface area contributed by atoms with E-state index in [0.29, 0.717) is 12.2 Å². The Kier molecular flexibility index (Phi) is 5.13. The molecule has 28 heavy (non-hydrogen) atoms. The maximum atomic E-state index is 12.4. The molecule has 144 valence electrons. The fraction of sp³-hybridized carbons (Fsp3) is 0.238. The van der Waals surface area contributed by atoms with Crippen LogP contribution < -0.4 is 5.32 Å². The molecule has 0 saturated heterocycles. The van der Waals surface area contributed by atoms with E-state index in [4.69, 9.17) is 5.11 Å². The van der Waals surface area contributed by atoms with Crippen LogP contribution in [-0.2, 0) is 6.54 Å². The second-order valence-corrected chi connectivity index (χ2v) is 7.94. The van der Waals surface area contributed by atoms with E-state index < -0.39 is 6.10 Å². The van der Waals surface area contributed by atoms with Crippen LogP contribution in [0.1, 0.15) is 11.1 Å². The number of rotatable bonds is 5. The molecule has 1 atom stereocenters. The predicted molar refractivity (Wildman–Crippen MR) is 113 cm³/mol. The summed E-state index contributed by atoms with van der Waals surface area (Å²) in [5, 5.41) is 22.6. The molecule has 0 saturated carbocycles. The van der Waals surface area contributed by atoms with Crippen molar-refractivity contribution in [1.29, 1.82) is 0 Å². The fourth-order valence-corrected chi connectivity index (χ4v) is 4.41. The van der Waals surface area contributed by atoms with Gasteiger partial charge in [0.1, 0.15) is 0 Å². The number of aliphatic imine (C=N–C) groups is 1. The number of thiophene rings is 1. The number of fused-ring (bicyclic) bond motifs is 2. The highest BCUT2D eigenvalue weighted by Crippen LogP contribution is 2.39. The minimum absolute atomic E-state index is 0.0535. The van der Waals surface area contributed by atoms with E-state index >= 15 is 0 Å². The Bertz CT molecular complexity index is 1030. The van der Waals surface area contributed by atoms with E-state index in [1.165, 1.54) is 15.0 Å². The summed E-state index contributed by atoms with van der Waals surface area (Å²) in [6.07, 6.45) is 0.873. The molecule has 0 aliphatic carbocycles. The summed E-state index contributed by atoms with van der Waals surface area (Å²) < 4.78 is 1.22. The predicted octanol–water partition coefficient (Wildman–Crippen LogP) is 3.32. The average molecular weight is 395 g/mol. The number of hydrogen-bond acceptors (Lipinski definition) is 5. The molecule has 6 nitrogen and oxygen atoms in total. The van der Waals surface area contributed by atoms with Gasteiger partial charge < -0.3 is 20.4 Å². The second-order valence-electron chi connectivity index (χ2n) is 6.86. The van der Waals surface area contributed by atoms with Gasteiger partial charge in [-0.05, 0) is 40.8 Å². The smallest absolute Gasteiger partial charge is 0.321 e. The zero-order valence-electron chi connectivity index (χ0n) is 15.4. The van der Waals surface area contributed by atoms with Gasteiger partial charge in [0.05, 0.1) is 25.8 Å². The molecule has 2 heterocycles. The number of urea groups is 1. The normalized spacial score (nSPS) is 13.5. The minimum Gasteiger partial charge on any atom is -0.394 e. The standard InChI is InChI=1S/C21H21N3O3S/c1-24(11-16(26)12-25)21(27)23-15-6-14-9-22-10-18(14)17(8-15)20-7-13-4-2-3-5-19(13)28-20/h2-9,16,25-26H,10-12H2,1H3,(H,23,27). The molecule has 4 rings (SSSR count).